The molecule has 2 rings (SSSR count). The van der Waals surface area contributed by atoms with E-state index in [9.17, 15) is 0 Å². The van der Waals surface area contributed by atoms with Crippen molar-refractivity contribution in [1.29, 1.82) is 0 Å². The average molecular weight is 238 g/mol. The van der Waals surface area contributed by atoms with Crippen molar-refractivity contribution in [3.05, 3.63) is 0 Å². The summed E-state index contributed by atoms with van der Waals surface area (Å²) in [6.45, 7) is 13.6. The highest BCUT2D eigenvalue weighted by molar-refractivity contribution is 4.91. The molecule has 1 unspecified atom stereocenters. The molecule has 17 heavy (non-hydrogen) atoms. The van der Waals surface area contributed by atoms with Crippen LogP contribution in [-0.2, 0) is 0 Å². The van der Waals surface area contributed by atoms with Crippen LogP contribution in [0.5, 0.6) is 0 Å². The summed E-state index contributed by atoms with van der Waals surface area (Å²) in [5.41, 5.74) is 1.13. The van der Waals surface area contributed by atoms with Gasteiger partial charge in [0, 0.05) is 19.6 Å². The van der Waals surface area contributed by atoms with Gasteiger partial charge >= 0.3 is 0 Å². The van der Waals surface area contributed by atoms with Gasteiger partial charge in [0.25, 0.3) is 0 Å². The molecule has 0 aliphatic carbocycles. The van der Waals surface area contributed by atoms with Crippen molar-refractivity contribution >= 4 is 0 Å². The van der Waals surface area contributed by atoms with Crippen LogP contribution in [0.2, 0.25) is 0 Å². The number of likely N-dealkylation sites (tertiary alicyclic amines) is 1. The van der Waals surface area contributed by atoms with E-state index < -0.39 is 0 Å². The highest BCUT2D eigenvalue weighted by Gasteiger charge is 2.37. The Morgan fingerprint density at radius 3 is 2.59 bits per heavy atom. The Morgan fingerprint density at radius 1 is 1.24 bits per heavy atom. The zero-order valence-corrected chi connectivity index (χ0v) is 12.0. The first-order valence-corrected chi connectivity index (χ1v) is 7.48. The molecule has 0 bridgehead atoms. The molecule has 2 heterocycles. The summed E-state index contributed by atoms with van der Waals surface area (Å²) in [4.78, 5) is 2.72. The summed E-state index contributed by atoms with van der Waals surface area (Å²) < 4.78 is 0. The second kappa shape index (κ2) is 5.27. The molecule has 1 atom stereocenters. The monoisotopic (exact) mass is 238 g/mol. The van der Waals surface area contributed by atoms with Gasteiger partial charge in [-0.25, -0.2) is 0 Å². The lowest BCUT2D eigenvalue weighted by Crippen LogP contribution is -2.47. The highest BCUT2D eigenvalue weighted by Crippen LogP contribution is 2.36. The topological polar surface area (TPSA) is 15.3 Å². The lowest BCUT2D eigenvalue weighted by molar-refractivity contribution is 0.115. The molecule has 0 spiro atoms. The van der Waals surface area contributed by atoms with Gasteiger partial charge in [0.1, 0.15) is 0 Å². The second-order valence-electron chi connectivity index (χ2n) is 7.16. The summed E-state index contributed by atoms with van der Waals surface area (Å²) >= 11 is 0. The van der Waals surface area contributed by atoms with Gasteiger partial charge < -0.3 is 10.2 Å². The first kappa shape index (κ1) is 13.4. The van der Waals surface area contributed by atoms with Crippen molar-refractivity contribution in [3.63, 3.8) is 0 Å². The van der Waals surface area contributed by atoms with Gasteiger partial charge in [-0.2, -0.15) is 0 Å². The molecule has 2 heteroatoms. The zero-order chi connectivity index (χ0) is 12.4. The number of rotatable bonds is 4. The van der Waals surface area contributed by atoms with Crippen LogP contribution in [0.4, 0.5) is 0 Å². The van der Waals surface area contributed by atoms with Gasteiger partial charge in [0.2, 0.25) is 0 Å². The average Bonchev–Trinajstić information content (AvgIpc) is 2.59. The van der Waals surface area contributed by atoms with Crippen molar-refractivity contribution in [2.24, 2.45) is 10.8 Å². The fourth-order valence-electron chi connectivity index (χ4n) is 3.82. The number of hydrogen-bond donors (Lipinski definition) is 1. The summed E-state index contributed by atoms with van der Waals surface area (Å²) in [7, 11) is 0. The fraction of sp³-hybridized carbons (Fsp3) is 1.00. The van der Waals surface area contributed by atoms with Crippen LogP contribution in [-0.4, -0.2) is 37.6 Å². The molecule has 2 aliphatic heterocycles. The molecule has 2 aliphatic rings. The third-order valence-corrected chi connectivity index (χ3v) is 4.66. The molecule has 2 nitrogen and oxygen atoms in total. The van der Waals surface area contributed by atoms with Crippen LogP contribution < -0.4 is 5.32 Å². The van der Waals surface area contributed by atoms with E-state index in [4.69, 9.17) is 0 Å². The molecule has 0 radical (unpaired) electrons. The van der Waals surface area contributed by atoms with Crippen LogP contribution >= 0.6 is 0 Å². The van der Waals surface area contributed by atoms with E-state index in [-0.39, 0.29) is 0 Å². The molecule has 2 saturated heterocycles. The summed E-state index contributed by atoms with van der Waals surface area (Å²) in [5, 5.41) is 3.63. The minimum absolute atomic E-state index is 0.551. The number of hydrogen-bond acceptors (Lipinski definition) is 2. The lowest BCUT2D eigenvalue weighted by atomic mass is 9.76. The molecule has 0 amide bonds. The molecular weight excluding hydrogens is 208 g/mol. The largest absolute Gasteiger partial charge is 0.316 e. The maximum absolute atomic E-state index is 3.63. The van der Waals surface area contributed by atoms with Gasteiger partial charge in [-0.3, -0.25) is 0 Å². The van der Waals surface area contributed by atoms with E-state index in [1.165, 1.54) is 64.8 Å². The third-order valence-electron chi connectivity index (χ3n) is 4.66. The van der Waals surface area contributed by atoms with Gasteiger partial charge in [0.05, 0.1) is 0 Å². The first-order valence-electron chi connectivity index (χ1n) is 7.48. The van der Waals surface area contributed by atoms with Crippen molar-refractivity contribution in [3.8, 4) is 0 Å². The summed E-state index contributed by atoms with van der Waals surface area (Å²) in [6.07, 6.45) is 6.92. The Labute approximate surface area is 107 Å². The number of piperidine rings is 1. The first-order chi connectivity index (χ1) is 8.05. The predicted molar refractivity (Wildman–Crippen MR) is 74.3 cm³/mol. The lowest BCUT2D eigenvalue weighted by Gasteiger charge is -2.41. The molecule has 0 saturated carbocycles. The Balaban J connectivity index is 1.93. The van der Waals surface area contributed by atoms with E-state index in [0.29, 0.717) is 10.8 Å². The minimum atomic E-state index is 0.551. The smallest absolute Gasteiger partial charge is 0.00504 e. The minimum Gasteiger partial charge on any atom is -0.316 e. The Hall–Kier alpha value is -0.0800. The normalized spacial score (nSPS) is 34.1. The number of nitrogens with zero attached hydrogens (tertiary/aromatic N) is 1. The van der Waals surface area contributed by atoms with E-state index in [1.807, 2.05) is 0 Å². The molecular formula is C15H30N2. The highest BCUT2D eigenvalue weighted by atomic mass is 15.2. The van der Waals surface area contributed by atoms with Crippen LogP contribution in [0.25, 0.3) is 0 Å². The van der Waals surface area contributed by atoms with Crippen molar-refractivity contribution in [1.82, 2.24) is 10.2 Å². The summed E-state index contributed by atoms with van der Waals surface area (Å²) in [5.74, 6) is 0. The maximum atomic E-state index is 3.63. The number of nitrogens with one attached hydrogen (secondary N) is 1. The van der Waals surface area contributed by atoms with Crippen molar-refractivity contribution in [2.45, 2.75) is 52.9 Å². The molecule has 1 N–H and O–H groups in total. The van der Waals surface area contributed by atoms with Gasteiger partial charge in [-0.15, -0.1) is 0 Å². The van der Waals surface area contributed by atoms with Gasteiger partial charge in [0.15, 0.2) is 0 Å². The van der Waals surface area contributed by atoms with Crippen molar-refractivity contribution < 1.29 is 0 Å². The Bertz CT molecular complexity index is 236. The SMILES string of the molecule is CCCC1(CN2CCC(C)(C)C2)CCCNC1. The van der Waals surface area contributed by atoms with Crippen LogP contribution in [0.1, 0.15) is 52.9 Å². The van der Waals surface area contributed by atoms with E-state index >= 15 is 0 Å². The maximum Gasteiger partial charge on any atom is 0.00504 e. The summed E-state index contributed by atoms with van der Waals surface area (Å²) in [6, 6.07) is 0. The molecule has 100 valence electrons. The van der Waals surface area contributed by atoms with Gasteiger partial charge in [-0.1, -0.05) is 27.2 Å². The molecule has 0 aromatic rings. The standard InChI is InChI=1S/C15H30N2/c1-4-6-15(7-5-9-16-11-15)13-17-10-8-14(2,3)12-17/h16H,4-13H2,1-3H3. The van der Waals surface area contributed by atoms with E-state index in [2.05, 4.69) is 31.0 Å². The third kappa shape index (κ3) is 3.45. The fourth-order valence-corrected chi connectivity index (χ4v) is 3.82. The molecule has 0 aromatic carbocycles. The van der Waals surface area contributed by atoms with Crippen LogP contribution in [0, 0.1) is 10.8 Å². The molecule has 0 aromatic heterocycles. The van der Waals surface area contributed by atoms with Crippen molar-refractivity contribution in [2.75, 3.05) is 32.7 Å². The van der Waals surface area contributed by atoms with Crippen LogP contribution in [0.3, 0.4) is 0 Å². The quantitative estimate of drug-likeness (QED) is 0.810. The van der Waals surface area contributed by atoms with Crippen LogP contribution in [0.15, 0.2) is 0 Å². The second-order valence-corrected chi connectivity index (χ2v) is 7.16. The Kier molecular flexibility index (Phi) is 4.14. The van der Waals surface area contributed by atoms with Gasteiger partial charge in [-0.05, 0) is 49.6 Å². The zero-order valence-electron chi connectivity index (χ0n) is 12.0. The van der Waals surface area contributed by atoms with E-state index in [0.717, 1.165) is 0 Å². The Morgan fingerprint density at radius 2 is 2.06 bits per heavy atom. The van der Waals surface area contributed by atoms with E-state index in [1.54, 1.807) is 0 Å². The predicted octanol–water partition coefficient (Wildman–Crippen LogP) is 2.89. The molecule has 2 fully saturated rings.